The second-order valence-electron chi connectivity index (χ2n) is 5.40. The molecule has 19 heavy (non-hydrogen) atoms. The van der Waals surface area contributed by atoms with Crippen molar-refractivity contribution in [3.8, 4) is 5.75 Å². The fourth-order valence-electron chi connectivity index (χ4n) is 2.55. The number of nitrogens with zero attached hydrogens (tertiary/aromatic N) is 1. The molecule has 0 bridgehead atoms. The Bertz CT molecular complexity index is 425. The second-order valence-corrected chi connectivity index (χ2v) is 5.40. The summed E-state index contributed by atoms with van der Waals surface area (Å²) < 4.78 is 5.57. The molecular formula is C15H23N3O. The first-order valence-electron chi connectivity index (χ1n) is 7.23. The van der Waals surface area contributed by atoms with Crippen molar-refractivity contribution in [3.05, 3.63) is 23.8 Å². The van der Waals surface area contributed by atoms with Crippen LogP contribution in [0.4, 0.5) is 5.69 Å². The molecule has 1 heterocycles. The van der Waals surface area contributed by atoms with Crippen LogP contribution in [-0.2, 0) is 6.54 Å². The molecule has 2 N–H and O–H groups in total. The molecule has 0 aromatic heterocycles. The Hall–Kier alpha value is -1.26. The van der Waals surface area contributed by atoms with Crippen molar-refractivity contribution in [2.45, 2.75) is 25.4 Å². The number of methoxy groups -OCH3 is 1. The van der Waals surface area contributed by atoms with Gasteiger partial charge in [-0.05, 0) is 30.5 Å². The van der Waals surface area contributed by atoms with Gasteiger partial charge in [0.1, 0.15) is 5.75 Å². The van der Waals surface area contributed by atoms with Gasteiger partial charge in [-0.1, -0.05) is 6.07 Å². The highest BCUT2D eigenvalue weighted by atomic mass is 16.5. The molecule has 1 aliphatic carbocycles. The maximum atomic E-state index is 5.57. The smallest absolute Gasteiger partial charge is 0.142 e. The van der Waals surface area contributed by atoms with Crippen LogP contribution in [0.3, 0.4) is 0 Å². The summed E-state index contributed by atoms with van der Waals surface area (Å²) in [6.45, 7) is 5.15. The molecule has 0 amide bonds. The Kier molecular flexibility index (Phi) is 3.89. The zero-order valence-electron chi connectivity index (χ0n) is 11.6. The molecule has 4 nitrogen and oxygen atoms in total. The summed E-state index contributed by atoms with van der Waals surface area (Å²) in [6.07, 6.45) is 2.66. The number of rotatable bonds is 5. The monoisotopic (exact) mass is 261 g/mol. The summed E-state index contributed by atoms with van der Waals surface area (Å²) in [6, 6.07) is 7.34. The van der Waals surface area contributed by atoms with E-state index in [9.17, 15) is 0 Å². The summed E-state index contributed by atoms with van der Waals surface area (Å²) in [5.74, 6) is 0.997. The maximum Gasteiger partial charge on any atom is 0.142 e. The van der Waals surface area contributed by atoms with Crippen LogP contribution in [0.5, 0.6) is 5.75 Å². The molecule has 1 aromatic carbocycles. The Labute approximate surface area is 115 Å². The van der Waals surface area contributed by atoms with Crippen molar-refractivity contribution < 1.29 is 4.74 Å². The zero-order valence-corrected chi connectivity index (χ0v) is 11.6. The largest absolute Gasteiger partial charge is 0.495 e. The van der Waals surface area contributed by atoms with E-state index in [-0.39, 0.29) is 0 Å². The lowest BCUT2D eigenvalue weighted by atomic mass is 10.1. The molecule has 1 saturated heterocycles. The highest BCUT2D eigenvalue weighted by Crippen LogP contribution is 2.30. The summed E-state index contributed by atoms with van der Waals surface area (Å²) >= 11 is 0. The van der Waals surface area contributed by atoms with E-state index in [0.717, 1.165) is 44.5 Å². The number of hydrogen-bond donors (Lipinski definition) is 2. The molecule has 2 fully saturated rings. The Morgan fingerprint density at radius 1 is 1.32 bits per heavy atom. The molecular weight excluding hydrogens is 238 g/mol. The quantitative estimate of drug-likeness (QED) is 0.839. The van der Waals surface area contributed by atoms with Gasteiger partial charge in [-0.3, -0.25) is 0 Å². The van der Waals surface area contributed by atoms with Crippen LogP contribution in [0.15, 0.2) is 18.2 Å². The average Bonchev–Trinajstić information content (AvgIpc) is 3.30. The van der Waals surface area contributed by atoms with E-state index in [1.54, 1.807) is 7.11 Å². The van der Waals surface area contributed by atoms with Crippen LogP contribution in [0, 0.1) is 0 Å². The van der Waals surface area contributed by atoms with Crippen molar-refractivity contribution in [2.24, 2.45) is 0 Å². The molecule has 0 spiro atoms. The number of nitrogens with one attached hydrogen (secondary N) is 2. The fraction of sp³-hybridized carbons (Fsp3) is 0.600. The van der Waals surface area contributed by atoms with E-state index in [1.165, 1.54) is 24.1 Å². The van der Waals surface area contributed by atoms with Gasteiger partial charge in [0.25, 0.3) is 0 Å². The van der Waals surface area contributed by atoms with Crippen LogP contribution in [0.25, 0.3) is 0 Å². The van der Waals surface area contributed by atoms with Gasteiger partial charge in [0.2, 0.25) is 0 Å². The minimum absolute atomic E-state index is 0.749. The summed E-state index contributed by atoms with van der Waals surface area (Å²) in [5, 5.41) is 6.92. The third kappa shape index (κ3) is 3.19. The first kappa shape index (κ1) is 12.8. The van der Waals surface area contributed by atoms with Crippen LogP contribution in [0.2, 0.25) is 0 Å². The number of ether oxygens (including phenoxy) is 1. The SMILES string of the molecule is COc1cc(CNC2CC2)ccc1N1CCNCC1. The molecule has 0 atom stereocenters. The highest BCUT2D eigenvalue weighted by molar-refractivity contribution is 5.60. The predicted octanol–water partition coefficient (Wildman–Crippen LogP) is 1.36. The highest BCUT2D eigenvalue weighted by Gasteiger charge is 2.20. The van der Waals surface area contributed by atoms with Gasteiger partial charge in [0.15, 0.2) is 0 Å². The van der Waals surface area contributed by atoms with Gasteiger partial charge in [0, 0.05) is 38.8 Å². The second kappa shape index (κ2) is 5.80. The molecule has 0 radical (unpaired) electrons. The fourth-order valence-corrected chi connectivity index (χ4v) is 2.55. The number of piperazine rings is 1. The van der Waals surface area contributed by atoms with Gasteiger partial charge < -0.3 is 20.3 Å². The predicted molar refractivity (Wildman–Crippen MR) is 77.9 cm³/mol. The molecule has 1 saturated carbocycles. The molecule has 104 valence electrons. The van der Waals surface area contributed by atoms with Crippen molar-refractivity contribution in [1.29, 1.82) is 0 Å². The lowest BCUT2D eigenvalue weighted by Gasteiger charge is -2.30. The third-order valence-corrected chi connectivity index (χ3v) is 3.87. The number of hydrogen-bond acceptors (Lipinski definition) is 4. The molecule has 2 aliphatic rings. The van der Waals surface area contributed by atoms with E-state index in [1.807, 2.05) is 0 Å². The van der Waals surface area contributed by atoms with Gasteiger partial charge >= 0.3 is 0 Å². The third-order valence-electron chi connectivity index (χ3n) is 3.87. The zero-order chi connectivity index (χ0) is 13.1. The summed E-state index contributed by atoms with van der Waals surface area (Å²) in [4.78, 5) is 2.40. The van der Waals surface area contributed by atoms with Crippen molar-refractivity contribution >= 4 is 5.69 Å². The Morgan fingerprint density at radius 2 is 2.11 bits per heavy atom. The topological polar surface area (TPSA) is 36.5 Å². The molecule has 4 heteroatoms. The first-order chi connectivity index (χ1) is 9.36. The summed E-state index contributed by atoms with van der Waals surface area (Å²) in [7, 11) is 1.76. The molecule has 3 rings (SSSR count). The number of benzene rings is 1. The van der Waals surface area contributed by atoms with Crippen LogP contribution < -0.4 is 20.3 Å². The van der Waals surface area contributed by atoms with Gasteiger partial charge in [-0.15, -0.1) is 0 Å². The van der Waals surface area contributed by atoms with Crippen LogP contribution >= 0.6 is 0 Å². The van der Waals surface area contributed by atoms with Gasteiger partial charge in [-0.25, -0.2) is 0 Å². The van der Waals surface area contributed by atoms with Gasteiger partial charge in [-0.2, -0.15) is 0 Å². The molecule has 1 aromatic rings. The minimum Gasteiger partial charge on any atom is -0.495 e. The lowest BCUT2D eigenvalue weighted by molar-refractivity contribution is 0.412. The van der Waals surface area contributed by atoms with E-state index < -0.39 is 0 Å². The normalized spacial score (nSPS) is 19.5. The lowest BCUT2D eigenvalue weighted by Crippen LogP contribution is -2.43. The minimum atomic E-state index is 0.749. The van der Waals surface area contributed by atoms with Crippen molar-refractivity contribution in [3.63, 3.8) is 0 Å². The van der Waals surface area contributed by atoms with Crippen LogP contribution in [-0.4, -0.2) is 39.3 Å². The first-order valence-corrected chi connectivity index (χ1v) is 7.23. The molecule has 0 unspecified atom stereocenters. The van der Waals surface area contributed by atoms with Crippen molar-refractivity contribution in [2.75, 3.05) is 38.2 Å². The van der Waals surface area contributed by atoms with Crippen molar-refractivity contribution in [1.82, 2.24) is 10.6 Å². The molecule has 1 aliphatic heterocycles. The van der Waals surface area contributed by atoms with Gasteiger partial charge in [0.05, 0.1) is 12.8 Å². The number of anilines is 1. The van der Waals surface area contributed by atoms with E-state index in [4.69, 9.17) is 4.74 Å². The standard InChI is InChI=1S/C15H23N3O/c1-19-15-10-12(11-17-13-3-4-13)2-5-14(15)18-8-6-16-7-9-18/h2,5,10,13,16-17H,3-4,6-9,11H2,1H3. The Morgan fingerprint density at radius 3 is 2.79 bits per heavy atom. The maximum absolute atomic E-state index is 5.57. The van der Waals surface area contributed by atoms with E-state index >= 15 is 0 Å². The van der Waals surface area contributed by atoms with E-state index in [2.05, 4.69) is 33.7 Å². The average molecular weight is 261 g/mol. The van der Waals surface area contributed by atoms with E-state index in [0.29, 0.717) is 0 Å². The summed E-state index contributed by atoms with van der Waals surface area (Å²) in [5.41, 5.74) is 2.53. The van der Waals surface area contributed by atoms with Crippen LogP contribution in [0.1, 0.15) is 18.4 Å². The Balaban J connectivity index is 1.71.